The Morgan fingerprint density at radius 2 is 2.17 bits per heavy atom. The van der Waals surface area contributed by atoms with Crippen molar-refractivity contribution in [2.24, 2.45) is 0 Å². The van der Waals surface area contributed by atoms with Gasteiger partial charge < -0.3 is 19.8 Å². The summed E-state index contributed by atoms with van der Waals surface area (Å²) in [6.07, 6.45) is 3.46. The molecule has 0 aliphatic carbocycles. The topological polar surface area (TPSA) is 108 Å². The number of rotatable bonds is 5. The van der Waals surface area contributed by atoms with Crippen molar-refractivity contribution in [1.82, 2.24) is 26.4 Å². The number of carbonyl (C=O) groups is 2. The standard InChI is InChI=1S/C13H17N5O4S/c19-11(4-3-10-2-1-6-21-10)16-17-13(20)22-7-5-18-8-14-12(23)15-9-18/h1-4,6H,5,7-9H2,(H,16,19)(H,17,20)(H2,14,15,23)/b4-3+. The van der Waals surface area contributed by atoms with Crippen molar-refractivity contribution in [2.45, 2.75) is 0 Å². The predicted octanol–water partition coefficient (Wildman–Crippen LogP) is -0.255. The zero-order valence-electron chi connectivity index (χ0n) is 12.2. The molecule has 2 heterocycles. The Bertz CT molecular complexity index is 565. The van der Waals surface area contributed by atoms with E-state index in [0.717, 1.165) is 0 Å². The van der Waals surface area contributed by atoms with Gasteiger partial charge in [-0.05, 0) is 30.4 Å². The van der Waals surface area contributed by atoms with Crippen molar-refractivity contribution in [1.29, 1.82) is 0 Å². The lowest BCUT2D eigenvalue weighted by atomic mass is 10.4. The summed E-state index contributed by atoms with van der Waals surface area (Å²) in [5, 5.41) is 6.51. The minimum Gasteiger partial charge on any atom is -0.465 e. The van der Waals surface area contributed by atoms with Crippen LogP contribution in [0.15, 0.2) is 28.9 Å². The Labute approximate surface area is 138 Å². The molecule has 1 saturated heterocycles. The number of nitrogens with zero attached hydrogens (tertiary/aromatic N) is 1. The zero-order valence-corrected chi connectivity index (χ0v) is 13.0. The van der Waals surface area contributed by atoms with E-state index in [0.29, 0.717) is 30.8 Å². The van der Waals surface area contributed by atoms with Crippen molar-refractivity contribution in [2.75, 3.05) is 26.5 Å². The van der Waals surface area contributed by atoms with E-state index < -0.39 is 12.0 Å². The molecule has 0 atom stereocenters. The minimum atomic E-state index is -0.738. The van der Waals surface area contributed by atoms with Gasteiger partial charge in [-0.15, -0.1) is 0 Å². The number of hydrogen-bond donors (Lipinski definition) is 4. The first-order valence-corrected chi connectivity index (χ1v) is 7.23. The van der Waals surface area contributed by atoms with E-state index in [1.165, 1.54) is 18.4 Å². The average Bonchev–Trinajstić information content (AvgIpc) is 3.06. The molecule has 0 aromatic carbocycles. The molecule has 2 rings (SSSR count). The smallest absolute Gasteiger partial charge is 0.426 e. The van der Waals surface area contributed by atoms with Gasteiger partial charge in [-0.2, -0.15) is 0 Å². The highest BCUT2D eigenvalue weighted by Crippen LogP contribution is 2.01. The quantitative estimate of drug-likeness (QED) is 0.330. The molecule has 124 valence electrons. The molecule has 9 nitrogen and oxygen atoms in total. The fourth-order valence-electron chi connectivity index (χ4n) is 1.65. The van der Waals surface area contributed by atoms with Gasteiger partial charge in [-0.3, -0.25) is 15.1 Å². The van der Waals surface area contributed by atoms with Gasteiger partial charge in [0.25, 0.3) is 5.91 Å². The predicted molar refractivity (Wildman–Crippen MR) is 85.7 cm³/mol. The first-order valence-electron chi connectivity index (χ1n) is 6.82. The Morgan fingerprint density at radius 1 is 1.39 bits per heavy atom. The molecule has 1 aliphatic rings. The van der Waals surface area contributed by atoms with Crippen molar-refractivity contribution >= 4 is 35.4 Å². The monoisotopic (exact) mass is 339 g/mol. The maximum atomic E-state index is 11.4. The van der Waals surface area contributed by atoms with Crippen LogP contribution in [0, 0.1) is 0 Å². The summed E-state index contributed by atoms with van der Waals surface area (Å²) in [4.78, 5) is 24.8. The van der Waals surface area contributed by atoms with Crippen LogP contribution in [-0.4, -0.2) is 48.5 Å². The van der Waals surface area contributed by atoms with Gasteiger partial charge in [0, 0.05) is 12.6 Å². The molecule has 1 aromatic heterocycles. The molecule has 1 fully saturated rings. The maximum absolute atomic E-state index is 11.4. The van der Waals surface area contributed by atoms with Crippen LogP contribution in [0.4, 0.5) is 4.79 Å². The van der Waals surface area contributed by atoms with Crippen LogP contribution in [0.1, 0.15) is 5.76 Å². The second kappa shape index (κ2) is 8.76. The summed E-state index contributed by atoms with van der Waals surface area (Å²) in [5.41, 5.74) is 4.34. The molecule has 1 aliphatic heterocycles. The van der Waals surface area contributed by atoms with Crippen LogP contribution < -0.4 is 21.5 Å². The minimum absolute atomic E-state index is 0.181. The SMILES string of the molecule is O=C(/C=C/c1ccco1)NNC(=O)OCCN1CNC(=S)NC1. The van der Waals surface area contributed by atoms with Gasteiger partial charge in [-0.25, -0.2) is 10.2 Å². The zero-order chi connectivity index (χ0) is 16.5. The number of thiocarbonyl (C=S) groups is 1. The molecule has 0 spiro atoms. The summed E-state index contributed by atoms with van der Waals surface area (Å²) in [7, 11) is 0. The van der Waals surface area contributed by atoms with E-state index in [1.807, 2.05) is 4.90 Å². The van der Waals surface area contributed by atoms with Gasteiger partial charge in [-0.1, -0.05) is 0 Å². The van der Waals surface area contributed by atoms with Gasteiger partial charge in [0.1, 0.15) is 12.4 Å². The maximum Gasteiger partial charge on any atom is 0.426 e. The molecular formula is C13H17N5O4S. The van der Waals surface area contributed by atoms with Crippen molar-refractivity contribution < 1.29 is 18.7 Å². The molecule has 23 heavy (non-hydrogen) atoms. The van der Waals surface area contributed by atoms with Gasteiger partial charge in [0.2, 0.25) is 0 Å². The third-order valence-electron chi connectivity index (χ3n) is 2.80. The average molecular weight is 339 g/mol. The van der Waals surface area contributed by atoms with E-state index in [2.05, 4.69) is 21.5 Å². The number of amides is 2. The molecular weight excluding hydrogens is 322 g/mol. The Kier molecular flexibility index (Phi) is 6.39. The molecule has 1 aromatic rings. The second-order valence-corrected chi connectivity index (χ2v) is 4.90. The van der Waals surface area contributed by atoms with Gasteiger partial charge in [0.15, 0.2) is 5.11 Å². The van der Waals surface area contributed by atoms with Crippen molar-refractivity contribution in [3.8, 4) is 0 Å². The number of furan rings is 1. The Morgan fingerprint density at radius 3 is 2.87 bits per heavy atom. The summed E-state index contributed by atoms with van der Waals surface area (Å²) in [6.45, 7) is 1.89. The number of nitrogens with one attached hydrogen (secondary N) is 4. The van der Waals surface area contributed by atoms with Gasteiger partial charge in [0.05, 0.1) is 19.6 Å². The lowest BCUT2D eigenvalue weighted by molar-refractivity contribution is -0.117. The highest BCUT2D eigenvalue weighted by atomic mass is 32.1. The first kappa shape index (κ1) is 16.8. The van der Waals surface area contributed by atoms with Gasteiger partial charge >= 0.3 is 6.09 Å². The third-order valence-corrected chi connectivity index (χ3v) is 3.09. The van der Waals surface area contributed by atoms with Crippen LogP contribution in [0.25, 0.3) is 6.08 Å². The van der Waals surface area contributed by atoms with E-state index in [4.69, 9.17) is 21.4 Å². The lowest BCUT2D eigenvalue weighted by Crippen LogP contribution is -2.54. The third kappa shape index (κ3) is 6.36. The number of ether oxygens (including phenoxy) is 1. The highest BCUT2D eigenvalue weighted by molar-refractivity contribution is 7.80. The largest absolute Gasteiger partial charge is 0.465 e. The van der Waals surface area contributed by atoms with E-state index in [1.54, 1.807) is 12.1 Å². The fourth-order valence-corrected chi connectivity index (χ4v) is 1.77. The summed E-state index contributed by atoms with van der Waals surface area (Å²) in [5.74, 6) is 0.0299. The van der Waals surface area contributed by atoms with Crippen LogP contribution in [0.2, 0.25) is 0 Å². The number of hydrazine groups is 1. The molecule has 0 radical (unpaired) electrons. The van der Waals surface area contributed by atoms with Crippen LogP contribution >= 0.6 is 12.2 Å². The fraction of sp³-hybridized carbons (Fsp3) is 0.308. The van der Waals surface area contributed by atoms with Crippen LogP contribution in [0.5, 0.6) is 0 Å². The lowest BCUT2D eigenvalue weighted by Gasteiger charge is -2.29. The molecule has 2 amide bonds. The number of carbonyl (C=O) groups excluding carboxylic acids is 2. The number of hydrogen-bond acceptors (Lipinski definition) is 6. The van der Waals surface area contributed by atoms with Crippen molar-refractivity contribution in [3.63, 3.8) is 0 Å². The van der Waals surface area contributed by atoms with E-state index in [9.17, 15) is 9.59 Å². The summed E-state index contributed by atoms with van der Waals surface area (Å²) in [6, 6.07) is 3.40. The summed E-state index contributed by atoms with van der Waals surface area (Å²) < 4.78 is 9.96. The van der Waals surface area contributed by atoms with E-state index in [-0.39, 0.29) is 6.61 Å². The molecule has 10 heteroatoms. The molecule has 4 N–H and O–H groups in total. The first-order chi connectivity index (χ1) is 11.1. The highest BCUT2D eigenvalue weighted by Gasteiger charge is 2.12. The van der Waals surface area contributed by atoms with Crippen molar-refractivity contribution in [3.05, 3.63) is 30.2 Å². The van der Waals surface area contributed by atoms with Crippen LogP contribution in [-0.2, 0) is 9.53 Å². The van der Waals surface area contributed by atoms with Crippen LogP contribution in [0.3, 0.4) is 0 Å². The summed E-state index contributed by atoms with van der Waals surface area (Å²) >= 11 is 4.92. The molecule has 0 unspecified atom stereocenters. The van der Waals surface area contributed by atoms with E-state index >= 15 is 0 Å². The molecule has 0 saturated carbocycles. The normalized spacial score (nSPS) is 14.9. The Hall–Kier alpha value is -2.59. The second-order valence-electron chi connectivity index (χ2n) is 4.49. The molecule has 0 bridgehead atoms. The Balaban J connectivity index is 1.56.